The van der Waals surface area contributed by atoms with E-state index < -0.39 is 66.1 Å². The minimum Gasteiger partial charge on any atom is -0.458 e. The van der Waals surface area contributed by atoms with Crippen molar-refractivity contribution in [3.05, 3.63) is 179 Å². The second-order valence-corrected chi connectivity index (χ2v) is 11.6. The minimum absolute atomic E-state index is 0.00484. The van der Waals surface area contributed by atoms with Gasteiger partial charge in [0.2, 0.25) is 6.10 Å². The summed E-state index contributed by atoms with van der Waals surface area (Å²) >= 11 is 6.07. The van der Waals surface area contributed by atoms with Crippen LogP contribution in [-0.2, 0) is 28.5 Å². The number of hydrogen-bond acceptors (Lipinski definition) is 11. The number of benzene rings is 5. The summed E-state index contributed by atoms with van der Waals surface area (Å²) in [4.78, 5) is 80.7. The van der Waals surface area contributed by atoms with Crippen LogP contribution in [-0.4, -0.2) is 66.1 Å². The third kappa shape index (κ3) is 10.5. The maximum absolute atomic E-state index is 13.7. The van der Waals surface area contributed by atoms with E-state index in [0.29, 0.717) is 0 Å². The number of carbonyl (C=O) groups excluding carboxylic acids is 6. The quantitative estimate of drug-likeness (QED) is 0.0658. The third-order valence-electron chi connectivity index (χ3n) is 7.62. The number of rotatable bonds is 15. The minimum atomic E-state index is -2.16. The molecule has 0 spiro atoms. The molecule has 11 nitrogen and oxygen atoms in total. The summed E-state index contributed by atoms with van der Waals surface area (Å²) in [5.41, 5.74) is 0.198. The van der Waals surface area contributed by atoms with Gasteiger partial charge in [-0.05, 0) is 72.3 Å². The van der Waals surface area contributed by atoms with Crippen molar-refractivity contribution < 1.29 is 52.5 Å². The molecule has 4 atom stereocenters. The van der Waals surface area contributed by atoms with E-state index in [2.05, 4.69) is 0 Å². The fourth-order valence-corrected chi connectivity index (χ4v) is 5.15. The lowest BCUT2D eigenvalue weighted by atomic mass is 10.0. The van der Waals surface area contributed by atoms with Crippen LogP contribution in [0.15, 0.2) is 152 Å². The average Bonchev–Trinajstić information content (AvgIpc) is 3.21. The van der Waals surface area contributed by atoms with Gasteiger partial charge in [0.15, 0.2) is 18.3 Å². The van der Waals surface area contributed by atoms with Gasteiger partial charge in [-0.3, -0.25) is 4.79 Å². The smallest absolute Gasteiger partial charge is 0.339 e. The van der Waals surface area contributed by atoms with Crippen LogP contribution in [0.5, 0.6) is 0 Å². The first-order valence-corrected chi connectivity index (χ1v) is 16.5. The molecule has 0 N–H and O–H groups in total. The van der Waals surface area contributed by atoms with E-state index in [-0.39, 0.29) is 27.8 Å². The predicted octanol–water partition coefficient (Wildman–Crippen LogP) is 6.51. The topological polar surface area (TPSA) is 149 Å². The maximum atomic E-state index is 13.7. The summed E-state index contributed by atoms with van der Waals surface area (Å²) in [7, 11) is 0. The van der Waals surface area contributed by atoms with Crippen molar-refractivity contribution in [2.75, 3.05) is 6.61 Å². The molecule has 0 radical (unpaired) electrons. The highest BCUT2D eigenvalue weighted by atomic mass is 35.5. The Bertz CT molecular complexity index is 2010. The predicted molar refractivity (Wildman–Crippen MR) is 190 cm³/mol. The lowest BCUT2D eigenvalue weighted by Gasteiger charge is -2.34. The molecule has 0 saturated carbocycles. The Kier molecular flexibility index (Phi) is 13.2. The van der Waals surface area contributed by atoms with E-state index in [1.54, 1.807) is 91.0 Å². The van der Waals surface area contributed by atoms with Crippen LogP contribution in [0.1, 0.15) is 51.8 Å². The van der Waals surface area contributed by atoms with Crippen molar-refractivity contribution in [3.63, 3.8) is 0 Å². The van der Waals surface area contributed by atoms with Crippen molar-refractivity contribution >= 4 is 46.7 Å². The van der Waals surface area contributed by atoms with Gasteiger partial charge >= 0.3 is 29.8 Å². The van der Waals surface area contributed by atoms with E-state index in [9.17, 15) is 28.8 Å². The molecule has 0 bridgehead atoms. The van der Waals surface area contributed by atoms with Crippen molar-refractivity contribution in [2.45, 2.75) is 24.4 Å². The molecule has 53 heavy (non-hydrogen) atoms. The Morgan fingerprint density at radius 3 is 1.06 bits per heavy atom. The standard InChI is InChI=1S/C41H31ClO11/c42-36(43)35(53-41(48)31-24-14-5-15-25-31)34(52-40(47)30-22-12-4-13-23-30)33(51-39(46)29-20-10-3-11-21-29)32(50-38(45)28-18-8-2-9-19-28)26-49-37(44)27-16-6-1-7-17-27/h1-25,32-35H,26H2/t32-,33-,34+,35-/m1/s1. The van der Waals surface area contributed by atoms with Gasteiger partial charge in [0.05, 0.1) is 27.8 Å². The van der Waals surface area contributed by atoms with Crippen molar-refractivity contribution in [1.29, 1.82) is 0 Å². The third-order valence-corrected chi connectivity index (χ3v) is 7.83. The SMILES string of the molecule is O=C(OC[C@@H](OC(=O)c1ccccc1)[C@@H](OC(=O)c1ccccc1)[C@H](OC(=O)c1ccccc1)[C@@H](OC(=O)c1ccccc1)C(=O)Cl)c1ccccc1. The second-order valence-electron chi connectivity index (χ2n) is 11.2. The molecule has 5 aromatic carbocycles. The Labute approximate surface area is 309 Å². The first-order chi connectivity index (χ1) is 25.7. The highest BCUT2D eigenvalue weighted by Crippen LogP contribution is 2.25. The van der Waals surface area contributed by atoms with Crippen LogP contribution < -0.4 is 0 Å². The highest BCUT2D eigenvalue weighted by molar-refractivity contribution is 6.64. The highest BCUT2D eigenvalue weighted by Gasteiger charge is 2.48. The molecule has 0 saturated heterocycles. The summed E-state index contributed by atoms with van der Waals surface area (Å²) < 4.78 is 28.7. The van der Waals surface area contributed by atoms with Gasteiger partial charge in [0.25, 0.3) is 5.24 Å². The van der Waals surface area contributed by atoms with Crippen LogP contribution >= 0.6 is 11.6 Å². The first kappa shape index (κ1) is 37.7. The van der Waals surface area contributed by atoms with E-state index in [1.807, 2.05) is 0 Å². The molecule has 5 rings (SSSR count). The van der Waals surface area contributed by atoms with Crippen molar-refractivity contribution in [3.8, 4) is 0 Å². The normalized spacial score (nSPS) is 12.8. The van der Waals surface area contributed by atoms with Gasteiger partial charge in [0, 0.05) is 0 Å². The van der Waals surface area contributed by atoms with Crippen LogP contribution in [0.25, 0.3) is 0 Å². The Hall–Kier alpha value is -6.59. The lowest BCUT2D eigenvalue weighted by molar-refractivity contribution is -0.145. The van der Waals surface area contributed by atoms with Crippen LogP contribution in [0, 0.1) is 0 Å². The van der Waals surface area contributed by atoms with E-state index in [1.165, 1.54) is 60.7 Å². The summed E-state index contributed by atoms with van der Waals surface area (Å²) in [5, 5.41) is -1.34. The van der Waals surface area contributed by atoms with Gasteiger partial charge in [0.1, 0.15) is 6.61 Å². The van der Waals surface area contributed by atoms with Gasteiger partial charge in [-0.25, -0.2) is 24.0 Å². The molecule has 5 aromatic rings. The lowest BCUT2D eigenvalue weighted by Crippen LogP contribution is -2.55. The number of hydrogen-bond donors (Lipinski definition) is 0. The number of carbonyl (C=O) groups is 6. The molecule has 12 heteroatoms. The molecular formula is C41H31ClO11. The van der Waals surface area contributed by atoms with E-state index in [0.717, 1.165) is 0 Å². The van der Waals surface area contributed by atoms with Crippen LogP contribution in [0.4, 0.5) is 0 Å². The molecule has 0 aromatic heterocycles. The van der Waals surface area contributed by atoms with Gasteiger partial charge in [-0.1, -0.05) is 91.0 Å². The Morgan fingerprint density at radius 1 is 0.396 bits per heavy atom. The number of esters is 5. The maximum Gasteiger partial charge on any atom is 0.339 e. The van der Waals surface area contributed by atoms with E-state index >= 15 is 0 Å². The van der Waals surface area contributed by atoms with Crippen molar-refractivity contribution in [1.82, 2.24) is 0 Å². The van der Waals surface area contributed by atoms with E-state index in [4.69, 9.17) is 35.3 Å². The Morgan fingerprint density at radius 2 is 0.698 bits per heavy atom. The molecule has 0 fully saturated rings. The number of ether oxygens (including phenoxy) is 5. The van der Waals surface area contributed by atoms with Gasteiger partial charge in [-0.2, -0.15) is 0 Å². The molecule has 0 aliphatic rings. The summed E-state index contributed by atoms with van der Waals surface area (Å²) in [6.07, 6.45) is -8.04. The largest absolute Gasteiger partial charge is 0.458 e. The Balaban J connectivity index is 1.62. The summed E-state index contributed by atoms with van der Waals surface area (Å²) in [6, 6.07) is 38.3. The molecule has 0 heterocycles. The molecule has 0 amide bonds. The fraction of sp³-hybridized carbons (Fsp3) is 0.122. The van der Waals surface area contributed by atoms with Gasteiger partial charge in [-0.15, -0.1) is 0 Å². The van der Waals surface area contributed by atoms with Crippen molar-refractivity contribution in [2.24, 2.45) is 0 Å². The molecule has 0 aliphatic carbocycles. The molecule has 0 unspecified atom stereocenters. The fourth-order valence-electron chi connectivity index (χ4n) is 4.98. The van der Waals surface area contributed by atoms with Crippen LogP contribution in [0.2, 0.25) is 0 Å². The zero-order chi connectivity index (χ0) is 37.6. The first-order valence-electron chi connectivity index (χ1n) is 16.2. The number of halogens is 1. The molecule has 268 valence electrons. The summed E-state index contributed by atoms with van der Waals surface area (Å²) in [6.45, 7) is -0.797. The molecular weight excluding hydrogens is 704 g/mol. The zero-order valence-corrected chi connectivity index (χ0v) is 28.6. The van der Waals surface area contributed by atoms with Gasteiger partial charge < -0.3 is 23.7 Å². The molecule has 0 aliphatic heterocycles. The zero-order valence-electron chi connectivity index (χ0n) is 27.8. The average molecular weight is 735 g/mol. The second kappa shape index (κ2) is 18.6. The monoisotopic (exact) mass is 734 g/mol. The van der Waals surface area contributed by atoms with Crippen LogP contribution in [0.3, 0.4) is 0 Å². The summed E-state index contributed by atoms with van der Waals surface area (Å²) in [5.74, 6) is -4.94.